The highest BCUT2D eigenvalue weighted by Crippen LogP contribution is 2.24. The lowest BCUT2D eigenvalue weighted by molar-refractivity contribution is 0.320. The number of nitrogens with zero attached hydrogens (tertiary/aromatic N) is 3. The van der Waals surface area contributed by atoms with Gasteiger partial charge in [0, 0.05) is 12.1 Å². The number of hydrogen-bond donors (Lipinski definition) is 0. The van der Waals surface area contributed by atoms with E-state index in [0.29, 0.717) is 5.82 Å². The molecule has 0 bridgehead atoms. The highest BCUT2D eigenvalue weighted by atomic mass is 32.2. The first-order chi connectivity index (χ1) is 12.2. The van der Waals surface area contributed by atoms with Gasteiger partial charge in [-0.1, -0.05) is 41.9 Å². The zero-order chi connectivity index (χ0) is 18.9. The summed E-state index contributed by atoms with van der Waals surface area (Å²) in [5.41, 5.74) is 1.88. The van der Waals surface area contributed by atoms with Crippen LogP contribution in [0.1, 0.15) is 24.8 Å². The molecule has 1 fully saturated rings. The Morgan fingerprint density at radius 2 is 1.96 bits per heavy atom. The molecule has 8 nitrogen and oxygen atoms in total. The molecular weight excluding hydrogens is 378 g/mol. The summed E-state index contributed by atoms with van der Waals surface area (Å²) in [6.07, 6.45) is 0.125. The number of sulfone groups is 1. The zero-order valence-corrected chi connectivity index (χ0v) is 16.3. The van der Waals surface area contributed by atoms with Crippen molar-refractivity contribution in [1.29, 1.82) is 0 Å². The number of aromatic nitrogens is 2. The molecule has 1 aromatic heterocycles. The normalized spacial score (nSPS) is 19.9. The molecule has 3 rings (SSSR count). The van der Waals surface area contributed by atoms with Crippen molar-refractivity contribution in [2.24, 2.45) is 0 Å². The molecule has 1 atom stereocenters. The minimum Gasteiger partial charge on any atom is -0.338 e. The average Bonchev–Trinajstić information content (AvgIpc) is 3.19. The van der Waals surface area contributed by atoms with Crippen LogP contribution in [0.4, 0.5) is 0 Å². The second-order valence-electron chi connectivity index (χ2n) is 6.37. The van der Waals surface area contributed by atoms with E-state index in [1.54, 1.807) is 6.92 Å². The van der Waals surface area contributed by atoms with Crippen molar-refractivity contribution in [3.8, 4) is 11.4 Å². The van der Waals surface area contributed by atoms with Gasteiger partial charge in [-0.05, 0) is 13.3 Å². The van der Waals surface area contributed by atoms with Crippen LogP contribution in [0.15, 0.2) is 28.8 Å². The molecule has 1 saturated heterocycles. The summed E-state index contributed by atoms with van der Waals surface area (Å²) in [6, 6.07) is 7.58. The third-order valence-corrected chi connectivity index (χ3v) is 8.74. The molecule has 1 aliphatic rings. The molecule has 1 aliphatic heterocycles. The monoisotopic (exact) mass is 399 g/mol. The van der Waals surface area contributed by atoms with Gasteiger partial charge in [-0.15, -0.1) is 0 Å². The Balaban J connectivity index is 1.77. The van der Waals surface area contributed by atoms with E-state index < -0.39 is 25.1 Å². The van der Waals surface area contributed by atoms with Crippen LogP contribution in [0, 0.1) is 6.92 Å². The first-order valence-corrected chi connectivity index (χ1v) is 11.6. The van der Waals surface area contributed by atoms with Crippen molar-refractivity contribution in [2.75, 3.05) is 18.1 Å². The van der Waals surface area contributed by atoms with Crippen LogP contribution in [-0.4, -0.2) is 54.6 Å². The van der Waals surface area contributed by atoms with Crippen molar-refractivity contribution in [1.82, 2.24) is 14.4 Å². The predicted octanol–water partition coefficient (Wildman–Crippen LogP) is 1.38. The van der Waals surface area contributed by atoms with Crippen LogP contribution in [0.25, 0.3) is 11.4 Å². The minimum atomic E-state index is -3.75. The largest absolute Gasteiger partial charge is 0.338 e. The third kappa shape index (κ3) is 3.97. The SMILES string of the molecule is CCN(Cc1nc(-c2ccc(C)cc2)no1)S(=O)(=O)C1CCS(=O)(=O)C1. The predicted molar refractivity (Wildman–Crippen MR) is 96.5 cm³/mol. The van der Waals surface area contributed by atoms with Gasteiger partial charge in [-0.25, -0.2) is 16.8 Å². The van der Waals surface area contributed by atoms with Gasteiger partial charge in [0.2, 0.25) is 21.7 Å². The summed E-state index contributed by atoms with van der Waals surface area (Å²) in [5, 5.41) is 2.99. The van der Waals surface area contributed by atoms with Crippen LogP contribution in [0.2, 0.25) is 0 Å². The van der Waals surface area contributed by atoms with E-state index in [-0.39, 0.29) is 36.9 Å². The molecule has 0 aliphatic carbocycles. The van der Waals surface area contributed by atoms with Crippen LogP contribution >= 0.6 is 0 Å². The number of sulfonamides is 1. The second-order valence-corrected chi connectivity index (χ2v) is 10.8. The Kier molecular flexibility index (Phi) is 5.18. The van der Waals surface area contributed by atoms with E-state index in [2.05, 4.69) is 10.1 Å². The summed E-state index contributed by atoms with van der Waals surface area (Å²) < 4.78 is 55.1. The summed E-state index contributed by atoms with van der Waals surface area (Å²) in [6.45, 7) is 3.78. The number of hydrogen-bond acceptors (Lipinski definition) is 7. The Hall–Kier alpha value is -1.78. The first-order valence-electron chi connectivity index (χ1n) is 8.30. The lowest BCUT2D eigenvalue weighted by Crippen LogP contribution is -2.39. The maximum absolute atomic E-state index is 12.7. The Morgan fingerprint density at radius 1 is 1.27 bits per heavy atom. The number of benzene rings is 1. The molecular formula is C16H21N3O5S2. The van der Waals surface area contributed by atoms with E-state index in [4.69, 9.17) is 4.52 Å². The standard InChI is InChI=1S/C16H21N3O5S2/c1-3-19(26(22,23)14-8-9-25(20,21)11-14)10-15-17-16(18-24-15)13-6-4-12(2)5-7-13/h4-7,14H,3,8-11H2,1-2H3. The topological polar surface area (TPSA) is 110 Å². The molecule has 0 radical (unpaired) electrons. The van der Waals surface area contributed by atoms with Crippen molar-refractivity contribution < 1.29 is 21.4 Å². The van der Waals surface area contributed by atoms with Gasteiger partial charge in [-0.2, -0.15) is 9.29 Å². The average molecular weight is 399 g/mol. The van der Waals surface area contributed by atoms with Crippen molar-refractivity contribution in [3.63, 3.8) is 0 Å². The molecule has 10 heteroatoms. The van der Waals surface area contributed by atoms with Crippen LogP contribution < -0.4 is 0 Å². The smallest absolute Gasteiger partial charge is 0.242 e. The van der Waals surface area contributed by atoms with E-state index in [1.165, 1.54) is 4.31 Å². The van der Waals surface area contributed by atoms with Crippen LogP contribution in [0.5, 0.6) is 0 Å². The van der Waals surface area contributed by atoms with Gasteiger partial charge in [0.25, 0.3) is 0 Å². The van der Waals surface area contributed by atoms with Crippen molar-refractivity contribution in [2.45, 2.75) is 32.1 Å². The van der Waals surface area contributed by atoms with E-state index in [1.807, 2.05) is 31.2 Å². The first kappa shape index (κ1) is 19.0. The minimum absolute atomic E-state index is 0.0752. The van der Waals surface area contributed by atoms with E-state index >= 15 is 0 Å². The quantitative estimate of drug-likeness (QED) is 0.721. The van der Waals surface area contributed by atoms with Crippen LogP contribution in [-0.2, 0) is 26.4 Å². The van der Waals surface area contributed by atoms with Gasteiger partial charge >= 0.3 is 0 Å². The summed E-state index contributed by atoms with van der Waals surface area (Å²) in [4.78, 5) is 4.26. The van der Waals surface area contributed by atoms with E-state index in [0.717, 1.165) is 11.1 Å². The summed E-state index contributed by atoms with van der Waals surface area (Å²) in [5.74, 6) is 0.139. The molecule has 0 spiro atoms. The molecule has 1 aromatic carbocycles. The molecule has 1 unspecified atom stereocenters. The molecule has 2 aromatic rings. The fourth-order valence-corrected chi connectivity index (χ4v) is 7.37. The van der Waals surface area contributed by atoms with Gasteiger partial charge in [0.15, 0.2) is 9.84 Å². The summed E-state index contributed by atoms with van der Waals surface area (Å²) in [7, 11) is -7.04. The fourth-order valence-electron chi connectivity index (χ4n) is 2.88. The van der Waals surface area contributed by atoms with Crippen LogP contribution in [0.3, 0.4) is 0 Å². The van der Waals surface area contributed by atoms with Gasteiger partial charge in [-0.3, -0.25) is 0 Å². The maximum Gasteiger partial charge on any atom is 0.242 e. The number of aryl methyl sites for hydroxylation is 1. The summed E-state index contributed by atoms with van der Waals surface area (Å²) >= 11 is 0. The number of rotatable bonds is 6. The Bertz CT molecular complexity index is 981. The van der Waals surface area contributed by atoms with Gasteiger partial charge < -0.3 is 4.52 Å². The van der Waals surface area contributed by atoms with Crippen molar-refractivity contribution >= 4 is 19.9 Å². The molecule has 26 heavy (non-hydrogen) atoms. The van der Waals surface area contributed by atoms with Gasteiger partial charge in [0.1, 0.15) is 0 Å². The molecule has 2 heterocycles. The molecule has 0 saturated carbocycles. The maximum atomic E-state index is 12.7. The second kappa shape index (κ2) is 7.09. The highest BCUT2D eigenvalue weighted by Gasteiger charge is 2.40. The molecule has 0 amide bonds. The van der Waals surface area contributed by atoms with E-state index in [9.17, 15) is 16.8 Å². The highest BCUT2D eigenvalue weighted by molar-refractivity contribution is 7.95. The molecule has 142 valence electrons. The lowest BCUT2D eigenvalue weighted by atomic mass is 10.1. The lowest BCUT2D eigenvalue weighted by Gasteiger charge is -2.22. The van der Waals surface area contributed by atoms with Crippen molar-refractivity contribution in [3.05, 3.63) is 35.7 Å². The van der Waals surface area contributed by atoms with Gasteiger partial charge in [0.05, 0.1) is 23.3 Å². The zero-order valence-electron chi connectivity index (χ0n) is 14.6. The molecule has 0 N–H and O–H groups in total. The third-order valence-electron chi connectivity index (χ3n) is 4.41. The Morgan fingerprint density at radius 3 is 2.54 bits per heavy atom. The fraction of sp³-hybridized carbons (Fsp3) is 0.500. The Labute approximate surface area is 153 Å².